The number of carbonyl (C=O) groups is 1. The van der Waals surface area contributed by atoms with Crippen LogP contribution in [0.4, 0.5) is 5.69 Å². The van der Waals surface area contributed by atoms with Gasteiger partial charge in [0, 0.05) is 23.2 Å². The average Bonchev–Trinajstić information content (AvgIpc) is 3.19. The van der Waals surface area contributed by atoms with Crippen molar-refractivity contribution in [3.8, 4) is 0 Å². The Kier molecular flexibility index (Phi) is 7.19. The van der Waals surface area contributed by atoms with Crippen LogP contribution in [0.5, 0.6) is 0 Å². The van der Waals surface area contributed by atoms with Crippen LogP contribution in [0.1, 0.15) is 39.8 Å². The second-order valence-corrected chi connectivity index (χ2v) is 12.1. The summed E-state index contributed by atoms with van der Waals surface area (Å²) in [6, 6.07) is 15.4. The molecule has 1 N–H and O–H groups in total. The molecule has 1 unspecified atom stereocenters. The van der Waals surface area contributed by atoms with Crippen LogP contribution in [0.25, 0.3) is 0 Å². The van der Waals surface area contributed by atoms with Gasteiger partial charge in [-0.1, -0.05) is 40.2 Å². The van der Waals surface area contributed by atoms with Crippen LogP contribution in [0.3, 0.4) is 0 Å². The molecule has 180 valence electrons. The monoisotopic (exact) mass is 544 g/mol. The van der Waals surface area contributed by atoms with Crippen LogP contribution in [0.2, 0.25) is 0 Å². The van der Waals surface area contributed by atoms with E-state index in [4.69, 9.17) is 4.42 Å². The van der Waals surface area contributed by atoms with Crippen molar-refractivity contribution < 1.29 is 17.6 Å². The third-order valence-electron chi connectivity index (χ3n) is 6.13. The average molecular weight is 545 g/mol. The number of anilines is 1. The molecule has 0 radical (unpaired) electrons. The van der Waals surface area contributed by atoms with Gasteiger partial charge in [0.2, 0.25) is 5.91 Å². The van der Waals surface area contributed by atoms with Crippen molar-refractivity contribution in [3.05, 3.63) is 86.8 Å². The number of hydrogen-bond acceptors (Lipinski definition) is 5. The van der Waals surface area contributed by atoms with Crippen LogP contribution >= 0.6 is 15.9 Å². The fraction of sp³-hybridized carbons (Fsp3) is 0.346. The van der Waals surface area contributed by atoms with E-state index in [1.807, 2.05) is 69.3 Å². The highest BCUT2D eigenvalue weighted by atomic mass is 79.9. The number of benzene rings is 2. The summed E-state index contributed by atoms with van der Waals surface area (Å²) in [5, 5.41) is 3.14. The van der Waals surface area contributed by atoms with Crippen LogP contribution in [-0.4, -0.2) is 38.9 Å². The Bertz CT molecular complexity index is 1300. The van der Waals surface area contributed by atoms with Crippen molar-refractivity contribution in [3.63, 3.8) is 0 Å². The minimum Gasteiger partial charge on any atom is -0.464 e. The number of furan rings is 1. The first-order valence-electron chi connectivity index (χ1n) is 11.3. The second-order valence-electron chi connectivity index (χ2n) is 8.91. The Hall–Kier alpha value is -2.58. The molecule has 2 aromatic carbocycles. The summed E-state index contributed by atoms with van der Waals surface area (Å²) in [5.74, 6) is 1.72. The molecule has 0 saturated carbocycles. The van der Waals surface area contributed by atoms with Gasteiger partial charge in [-0.25, -0.2) is 8.42 Å². The van der Waals surface area contributed by atoms with Gasteiger partial charge >= 0.3 is 0 Å². The molecule has 0 aliphatic carbocycles. The number of sulfone groups is 1. The van der Waals surface area contributed by atoms with Gasteiger partial charge in [0.1, 0.15) is 17.6 Å². The van der Waals surface area contributed by atoms with E-state index in [-0.39, 0.29) is 23.8 Å². The van der Waals surface area contributed by atoms with Crippen LogP contribution in [0, 0.1) is 20.8 Å². The third-order valence-corrected chi connectivity index (χ3v) is 8.42. The maximum absolute atomic E-state index is 13.1. The van der Waals surface area contributed by atoms with Gasteiger partial charge < -0.3 is 14.6 Å². The summed E-state index contributed by atoms with van der Waals surface area (Å²) >= 11 is 3.64. The molecule has 1 aliphatic heterocycles. The molecule has 0 bridgehead atoms. The van der Waals surface area contributed by atoms with E-state index >= 15 is 0 Å². The Balaban J connectivity index is 1.50. The predicted molar refractivity (Wildman–Crippen MR) is 138 cm³/mol. The topological polar surface area (TPSA) is 79.6 Å². The van der Waals surface area contributed by atoms with Gasteiger partial charge in [0.15, 0.2) is 9.84 Å². The quantitative estimate of drug-likeness (QED) is 0.488. The van der Waals surface area contributed by atoms with Crippen LogP contribution < -0.4 is 10.2 Å². The van der Waals surface area contributed by atoms with Crippen molar-refractivity contribution in [1.82, 2.24) is 5.32 Å². The molecular formula is C26H29BrN2O4S. The Morgan fingerprint density at radius 1 is 1.06 bits per heavy atom. The number of aryl methyl sites for hydroxylation is 3. The SMILES string of the molecule is Cc1ccc(C(NC(=O)Cc2ccc(N3CCS(=O)(=O)CC3)c(C)c2)c2ccc(C)o2)c(Br)c1. The highest BCUT2D eigenvalue weighted by Gasteiger charge is 2.24. The lowest BCUT2D eigenvalue weighted by Crippen LogP contribution is -2.40. The maximum atomic E-state index is 13.1. The molecule has 8 heteroatoms. The lowest BCUT2D eigenvalue weighted by Gasteiger charge is -2.30. The number of hydrogen-bond donors (Lipinski definition) is 1. The van der Waals surface area contributed by atoms with Crippen molar-refractivity contribution in [2.75, 3.05) is 29.5 Å². The third kappa shape index (κ3) is 5.73. The minimum atomic E-state index is -2.93. The summed E-state index contributed by atoms with van der Waals surface area (Å²) in [6.07, 6.45) is 0.231. The number of rotatable bonds is 6. The molecule has 1 aromatic heterocycles. The molecule has 6 nitrogen and oxygen atoms in total. The fourth-order valence-corrected chi connectivity index (χ4v) is 6.23. The van der Waals surface area contributed by atoms with E-state index < -0.39 is 15.9 Å². The molecule has 34 heavy (non-hydrogen) atoms. The molecular weight excluding hydrogens is 516 g/mol. The van der Waals surface area contributed by atoms with E-state index in [9.17, 15) is 13.2 Å². The van der Waals surface area contributed by atoms with Gasteiger partial charge in [-0.05, 0) is 67.3 Å². The highest BCUT2D eigenvalue weighted by molar-refractivity contribution is 9.10. The van der Waals surface area contributed by atoms with Gasteiger partial charge in [-0.2, -0.15) is 0 Å². The first-order valence-corrected chi connectivity index (χ1v) is 13.9. The molecule has 2 heterocycles. The molecule has 1 amide bonds. The number of nitrogens with zero attached hydrogens (tertiary/aromatic N) is 1. The first-order chi connectivity index (χ1) is 16.1. The van der Waals surface area contributed by atoms with Gasteiger partial charge in [0.25, 0.3) is 0 Å². The van der Waals surface area contributed by atoms with Gasteiger partial charge in [-0.15, -0.1) is 0 Å². The Labute approximate surface area is 209 Å². The van der Waals surface area contributed by atoms with Gasteiger partial charge in [-0.3, -0.25) is 4.79 Å². The normalized spacial score (nSPS) is 16.3. The molecule has 1 atom stereocenters. The molecule has 3 aromatic rings. The lowest BCUT2D eigenvalue weighted by atomic mass is 10.0. The number of nitrogens with one attached hydrogen (secondary N) is 1. The van der Waals surface area contributed by atoms with E-state index in [2.05, 4.69) is 26.1 Å². The Morgan fingerprint density at radius 3 is 2.41 bits per heavy atom. The second kappa shape index (κ2) is 9.96. The van der Waals surface area contributed by atoms with Crippen LogP contribution in [0.15, 0.2) is 57.4 Å². The Morgan fingerprint density at radius 2 is 1.79 bits per heavy atom. The molecule has 1 fully saturated rings. The fourth-order valence-electron chi connectivity index (χ4n) is 4.31. The number of amides is 1. The summed E-state index contributed by atoms with van der Waals surface area (Å²) in [6.45, 7) is 6.90. The molecule has 0 spiro atoms. The van der Waals surface area contributed by atoms with Gasteiger partial charge in [0.05, 0.1) is 17.9 Å². The standard InChI is InChI=1S/C26H29BrN2O4S/c1-17-4-7-21(22(27)14-17)26(24-9-5-19(3)33-24)28-25(30)16-20-6-8-23(18(2)15-20)29-10-12-34(31,32)13-11-29/h4-9,14-15,26H,10-13,16H2,1-3H3,(H,28,30). The summed E-state index contributed by atoms with van der Waals surface area (Å²) in [4.78, 5) is 15.2. The number of carbonyl (C=O) groups excluding carboxylic acids is 1. The summed E-state index contributed by atoms with van der Waals surface area (Å²) in [7, 11) is -2.93. The molecule has 1 saturated heterocycles. The zero-order valence-electron chi connectivity index (χ0n) is 19.6. The van der Waals surface area contributed by atoms with Crippen molar-refractivity contribution in [1.29, 1.82) is 0 Å². The zero-order chi connectivity index (χ0) is 24.5. The van der Waals surface area contributed by atoms with Crippen LogP contribution in [-0.2, 0) is 21.1 Å². The van der Waals surface area contributed by atoms with E-state index in [1.54, 1.807) is 0 Å². The maximum Gasteiger partial charge on any atom is 0.225 e. The van der Waals surface area contributed by atoms with Crippen molar-refractivity contribution in [2.45, 2.75) is 33.2 Å². The molecule has 1 aliphatic rings. The highest BCUT2D eigenvalue weighted by Crippen LogP contribution is 2.31. The summed E-state index contributed by atoms with van der Waals surface area (Å²) < 4.78 is 30.3. The molecule has 4 rings (SSSR count). The van der Waals surface area contributed by atoms with E-state index in [1.165, 1.54) is 0 Å². The summed E-state index contributed by atoms with van der Waals surface area (Å²) in [5.41, 5.74) is 5.01. The van der Waals surface area contributed by atoms with E-state index in [0.29, 0.717) is 18.8 Å². The number of halogens is 1. The largest absolute Gasteiger partial charge is 0.464 e. The first kappa shape index (κ1) is 24.5. The lowest BCUT2D eigenvalue weighted by molar-refractivity contribution is -0.121. The zero-order valence-corrected chi connectivity index (χ0v) is 22.0. The van der Waals surface area contributed by atoms with E-state index in [0.717, 1.165) is 38.2 Å². The predicted octanol–water partition coefficient (Wildman–Crippen LogP) is 4.65. The minimum absolute atomic E-state index is 0.109. The smallest absolute Gasteiger partial charge is 0.225 e. The van der Waals surface area contributed by atoms with Crippen molar-refractivity contribution in [2.24, 2.45) is 0 Å². The van der Waals surface area contributed by atoms with Crippen molar-refractivity contribution >= 4 is 37.4 Å².